The molecule has 1 aromatic rings. The van der Waals surface area contributed by atoms with Gasteiger partial charge in [0.1, 0.15) is 0 Å². The van der Waals surface area contributed by atoms with E-state index >= 15 is 0 Å². The van der Waals surface area contributed by atoms with E-state index in [0.29, 0.717) is 12.3 Å². The molecule has 0 spiro atoms. The third-order valence-corrected chi connectivity index (χ3v) is 2.60. The maximum Gasteiger partial charge on any atom is 0.241 e. The van der Waals surface area contributed by atoms with Crippen molar-refractivity contribution in [2.75, 3.05) is 5.32 Å². The molecule has 0 saturated carbocycles. The topological polar surface area (TPSA) is 55.1 Å². The van der Waals surface area contributed by atoms with Gasteiger partial charge in [0.25, 0.3) is 0 Å². The molecule has 3 nitrogen and oxygen atoms in total. The summed E-state index contributed by atoms with van der Waals surface area (Å²) in [5, 5.41) is 2.82. The molecule has 0 bridgehead atoms. The summed E-state index contributed by atoms with van der Waals surface area (Å²) in [6, 6.07) is 7.45. The molecule has 0 radical (unpaired) electrons. The SMILES string of the molecule is CCC(N)C(=O)Nc1cccc(C(C)C)c1. The number of nitrogens with one attached hydrogen (secondary N) is 1. The summed E-state index contributed by atoms with van der Waals surface area (Å²) in [4.78, 5) is 11.6. The summed E-state index contributed by atoms with van der Waals surface area (Å²) in [7, 11) is 0. The number of carbonyl (C=O) groups excluding carboxylic acids is 1. The van der Waals surface area contributed by atoms with Gasteiger partial charge in [-0.1, -0.05) is 32.9 Å². The van der Waals surface area contributed by atoms with Crippen LogP contribution in [0.1, 0.15) is 38.7 Å². The number of carbonyl (C=O) groups is 1. The van der Waals surface area contributed by atoms with Gasteiger partial charge in [0.2, 0.25) is 5.91 Å². The molecule has 3 N–H and O–H groups in total. The molecule has 0 saturated heterocycles. The Labute approximate surface area is 97.0 Å². The van der Waals surface area contributed by atoms with Crippen molar-refractivity contribution in [3.05, 3.63) is 29.8 Å². The van der Waals surface area contributed by atoms with Gasteiger partial charge in [0.05, 0.1) is 6.04 Å². The maximum atomic E-state index is 11.6. The quantitative estimate of drug-likeness (QED) is 0.819. The fourth-order valence-corrected chi connectivity index (χ4v) is 1.40. The van der Waals surface area contributed by atoms with Crippen LogP contribution in [0, 0.1) is 0 Å². The van der Waals surface area contributed by atoms with Gasteiger partial charge in [-0.25, -0.2) is 0 Å². The lowest BCUT2D eigenvalue weighted by atomic mass is 10.0. The van der Waals surface area contributed by atoms with Crippen molar-refractivity contribution < 1.29 is 4.79 Å². The highest BCUT2D eigenvalue weighted by molar-refractivity contribution is 5.94. The molecule has 1 unspecified atom stereocenters. The first kappa shape index (κ1) is 12.7. The Balaban J connectivity index is 2.74. The van der Waals surface area contributed by atoms with Gasteiger partial charge in [0, 0.05) is 5.69 Å². The molecule has 1 atom stereocenters. The number of nitrogens with two attached hydrogens (primary N) is 1. The van der Waals surface area contributed by atoms with E-state index in [1.807, 2.05) is 25.1 Å². The second-order valence-corrected chi connectivity index (χ2v) is 4.28. The molecule has 0 aliphatic rings. The minimum Gasteiger partial charge on any atom is -0.325 e. The summed E-state index contributed by atoms with van der Waals surface area (Å²) in [5.74, 6) is 0.333. The van der Waals surface area contributed by atoms with Crippen molar-refractivity contribution in [1.82, 2.24) is 0 Å². The van der Waals surface area contributed by atoms with Crippen molar-refractivity contribution in [3.63, 3.8) is 0 Å². The third-order valence-electron chi connectivity index (χ3n) is 2.60. The first-order valence-electron chi connectivity index (χ1n) is 5.71. The highest BCUT2D eigenvalue weighted by Crippen LogP contribution is 2.18. The van der Waals surface area contributed by atoms with Crippen molar-refractivity contribution in [3.8, 4) is 0 Å². The first-order chi connectivity index (χ1) is 7.54. The van der Waals surface area contributed by atoms with E-state index in [-0.39, 0.29) is 5.91 Å². The maximum absolute atomic E-state index is 11.6. The molecule has 0 aromatic heterocycles. The smallest absolute Gasteiger partial charge is 0.241 e. The van der Waals surface area contributed by atoms with Crippen LogP contribution in [-0.4, -0.2) is 11.9 Å². The first-order valence-corrected chi connectivity index (χ1v) is 5.71. The monoisotopic (exact) mass is 220 g/mol. The molecule has 0 aliphatic carbocycles. The molecular weight excluding hydrogens is 200 g/mol. The summed E-state index contributed by atoms with van der Waals surface area (Å²) >= 11 is 0. The number of amides is 1. The van der Waals surface area contributed by atoms with Crippen LogP contribution in [0.3, 0.4) is 0 Å². The minimum atomic E-state index is -0.428. The molecule has 1 rings (SSSR count). The van der Waals surface area contributed by atoms with E-state index in [2.05, 4.69) is 25.2 Å². The minimum absolute atomic E-state index is 0.122. The molecule has 3 heteroatoms. The Morgan fingerprint density at radius 2 is 2.12 bits per heavy atom. The molecule has 0 heterocycles. The second-order valence-electron chi connectivity index (χ2n) is 4.28. The molecule has 1 aromatic carbocycles. The highest BCUT2D eigenvalue weighted by Gasteiger charge is 2.11. The zero-order valence-corrected chi connectivity index (χ0v) is 10.2. The van der Waals surface area contributed by atoms with E-state index < -0.39 is 6.04 Å². The summed E-state index contributed by atoms with van der Waals surface area (Å²) < 4.78 is 0. The lowest BCUT2D eigenvalue weighted by Crippen LogP contribution is -2.34. The second kappa shape index (κ2) is 5.66. The Hall–Kier alpha value is -1.35. The fraction of sp³-hybridized carbons (Fsp3) is 0.462. The Bertz CT molecular complexity index is 361. The molecule has 88 valence electrons. The third kappa shape index (κ3) is 3.35. The van der Waals surface area contributed by atoms with E-state index in [1.165, 1.54) is 5.56 Å². The van der Waals surface area contributed by atoms with Crippen LogP contribution < -0.4 is 11.1 Å². The van der Waals surface area contributed by atoms with Gasteiger partial charge >= 0.3 is 0 Å². The number of benzene rings is 1. The average molecular weight is 220 g/mol. The molecule has 0 aliphatic heterocycles. The van der Waals surface area contributed by atoms with Crippen LogP contribution in [0.2, 0.25) is 0 Å². The van der Waals surface area contributed by atoms with Crippen molar-refractivity contribution in [1.29, 1.82) is 0 Å². The van der Waals surface area contributed by atoms with E-state index in [4.69, 9.17) is 5.73 Å². The van der Waals surface area contributed by atoms with Gasteiger partial charge in [-0.3, -0.25) is 4.79 Å². The van der Waals surface area contributed by atoms with Crippen LogP contribution in [-0.2, 0) is 4.79 Å². The highest BCUT2D eigenvalue weighted by atomic mass is 16.2. The lowest BCUT2D eigenvalue weighted by molar-refractivity contribution is -0.117. The van der Waals surface area contributed by atoms with Crippen LogP contribution in [0.5, 0.6) is 0 Å². The van der Waals surface area contributed by atoms with Gasteiger partial charge < -0.3 is 11.1 Å². The number of rotatable bonds is 4. The molecule has 16 heavy (non-hydrogen) atoms. The molecule has 1 amide bonds. The normalized spacial score (nSPS) is 12.6. The van der Waals surface area contributed by atoms with E-state index in [1.54, 1.807) is 0 Å². The van der Waals surface area contributed by atoms with Crippen molar-refractivity contribution in [2.45, 2.75) is 39.2 Å². The zero-order chi connectivity index (χ0) is 12.1. The summed E-state index contributed by atoms with van der Waals surface area (Å²) in [6.45, 7) is 6.15. The zero-order valence-electron chi connectivity index (χ0n) is 10.2. The standard InChI is InChI=1S/C13H20N2O/c1-4-12(14)13(16)15-11-7-5-6-10(8-11)9(2)3/h5-9,12H,4,14H2,1-3H3,(H,15,16). The molecular formula is C13H20N2O. The number of hydrogen-bond donors (Lipinski definition) is 2. The Morgan fingerprint density at radius 3 is 2.69 bits per heavy atom. The lowest BCUT2D eigenvalue weighted by Gasteiger charge is -2.12. The Kier molecular flexibility index (Phi) is 4.50. The number of hydrogen-bond acceptors (Lipinski definition) is 2. The van der Waals surface area contributed by atoms with E-state index in [0.717, 1.165) is 5.69 Å². The van der Waals surface area contributed by atoms with Crippen LogP contribution in [0.15, 0.2) is 24.3 Å². The van der Waals surface area contributed by atoms with Gasteiger partial charge in [-0.05, 0) is 30.0 Å². The van der Waals surface area contributed by atoms with E-state index in [9.17, 15) is 4.79 Å². The largest absolute Gasteiger partial charge is 0.325 e. The van der Waals surface area contributed by atoms with Crippen molar-refractivity contribution >= 4 is 11.6 Å². The Morgan fingerprint density at radius 1 is 1.44 bits per heavy atom. The molecule has 0 fully saturated rings. The summed E-state index contributed by atoms with van der Waals surface area (Å²) in [5.41, 5.74) is 7.68. The van der Waals surface area contributed by atoms with Crippen molar-refractivity contribution in [2.24, 2.45) is 5.73 Å². The predicted octanol–water partition coefficient (Wildman–Crippen LogP) is 2.49. The van der Waals surface area contributed by atoms with Gasteiger partial charge in [0.15, 0.2) is 0 Å². The predicted molar refractivity (Wildman–Crippen MR) is 67.4 cm³/mol. The summed E-state index contributed by atoms with van der Waals surface area (Å²) in [6.07, 6.45) is 0.649. The van der Waals surface area contributed by atoms with Crippen LogP contribution >= 0.6 is 0 Å². The van der Waals surface area contributed by atoms with Crippen LogP contribution in [0.4, 0.5) is 5.69 Å². The van der Waals surface area contributed by atoms with Gasteiger partial charge in [-0.2, -0.15) is 0 Å². The number of anilines is 1. The van der Waals surface area contributed by atoms with Gasteiger partial charge in [-0.15, -0.1) is 0 Å². The average Bonchev–Trinajstić information content (AvgIpc) is 2.28. The van der Waals surface area contributed by atoms with Crippen LogP contribution in [0.25, 0.3) is 0 Å². The fourth-order valence-electron chi connectivity index (χ4n) is 1.40.